The minimum atomic E-state index is 1.02. The Kier molecular flexibility index (Phi) is 2.33. The first-order chi connectivity index (χ1) is 5.47. The first kappa shape index (κ1) is 7.43. The summed E-state index contributed by atoms with van der Waals surface area (Å²) in [6.45, 7) is 5.50. The van der Waals surface area contributed by atoms with Crippen LogP contribution in [0, 0.1) is 0 Å². The van der Waals surface area contributed by atoms with Crippen LogP contribution >= 0.6 is 11.8 Å². The lowest BCUT2D eigenvalue weighted by molar-refractivity contribution is 0.363. The monoisotopic (exact) mass is 171 g/mol. The van der Waals surface area contributed by atoms with Crippen LogP contribution in [0.15, 0.2) is 4.99 Å². The van der Waals surface area contributed by atoms with Crippen molar-refractivity contribution in [2.75, 3.05) is 38.5 Å². The first-order valence-electron chi connectivity index (χ1n) is 4.10. The molecule has 0 unspecified atom stereocenters. The molecular weight excluding hydrogens is 158 g/mol. The van der Waals surface area contributed by atoms with Crippen LogP contribution in [0.4, 0.5) is 0 Å². The number of amidine groups is 1. The molecule has 0 aromatic carbocycles. The maximum Gasteiger partial charge on any atom is 0.159 e. The van der Waals surface area contributed by atoms with E-state index in [2.05, 4.69) is 15.2 Å². The number of thioether (sulfide) groups is 1. The zero-order chi connectivity index (χ0) is 7.52. The topological polar surface area (TPSA) is 27.6 Å². The highest BCUT2D eigenvalue weighted by Gasteiger charge is 2.16. The van der Waals surface area contributed by atoms with Crippen molar-refractivity contribution in [2.45, 2.75) is 0 Å². The molecule has 2 rings (SSSR count). The Morgan fingerprint density at radius 2 is 2.18 bits per heavy atom. The van der Waals surface area contributed by atoms with Crippen LogP contribution in [0.5, 0.6) is 0 Å². The van der Waals surface area contributed by atoms with Gasteiger partial charge in [0, 0.05) is 31.9 Å². The van der Waals surface area contributed by atoms with Crippen molar-refractivity contribution in [3.8, 4) is 0 Å². The molecule has 2 heterocycles. The Labute approximate surface area is 71.2 Å². The van der Waals surface area contributed by atoms with Crippen LogP contribution < -0.4 is 5.32 Å². The maximum absolute atomic E-state index is 4.44. The molecule has 1 saturated heterocycles. The molecule has 0 saturated carbocycles. The van der Waals surface area contributed by atoms with Gasteiger partial charge in [-0.15, -0.1) is 0 Å². The maximum atomic E-state index is 4.44. The number of hydrogen-bond donors (Lipinski definition) is 1. The Morgan fingerprint density at radius 1 is 1.36 bits per heavy atom. The van der Waals surface area contributed by atoms with Gasteiger partial charge in [0.15, 0.2) is 5.17 Å². The molecule has 0 radical (unpaired) electrons. The molecule has 4 heteroatoms. The van der Waals surface area contributed by atoms with Crippen molar-refractivity contribution in [3.05, 3.63) is 0 Å². The average Bonchev–Trinajstić information content (AvgIpc) is 2.58. The third kappa shape index (κ3) is 1.68. The van der Waals surface area contributed by atoms with Gasteiger partial charge in [-0.25, -0.2) is 0 Å². The lowest BCUT2D eigenvalue weighted by atomic mass is 10.4. The van der Waals surface area contributed by atoms with Crippen molar-refractivity contribution in [3.63, 3.8) is 0 Å². The molecule has 0 spiro atoms. The van der Waals surface area contributed by atoms with Crippen LogP contribution in [0.3, 0.4) is 0 Å². The number of piperazine rings is 1. The number of hydrogen-bond acceptors (Lipinski definition) is 4. The second-order valence-electron chi connectivity index (χ2n) is 2.75. The second kappa shape index (κ2) is 3.45. The smallest absolute Gasteiger partial charge is 0.159 e. The predicted molar refractivity (Wildman–Crippen MR) is 49.2 cm³/mol. The summed E-state index contributed by atoms with van der Waals surface area (Å²) in [6.07, 6.45) is 0. The molecule has 0 bridgehead atoms. The van der Waals surface area contributed by atoms with E-state index in [9.17, 15) is 0 Å². The summed E-state index contributed by atoms with van der Waals surface area (Å²) < 4.78 is 0. The molecule has 1 fully saturated rings. The van der Waals surface area contributed by atoms with Crippen LogP contribution in [-0.2, 0) is 0 Å². The van der Waals surface area contributed by atoms with Crippen molar-refractivity contribution in [1.82, 2.24) is 10.2 Å². The highest BCUT2D eigenvalue weighted by atomic mass is 32.2. The van der Waals surface area contributed by atoms with E-state index in [1.165, 1.54) is 10.9 Å². The van der Waals surface area contributed by atoms with Crippen molar-refractivity contribution in [1.29, 1.82) is 0 Å². The minimum absolute atomic E-state index is 1.02. The van der Waals surface area contributed by atoms with E-state index in [0.717, 1.165) is 32.7 Å². The highest BCUT2D eigenvalue weighted by molar-refractivity contribution is 8.14. The van der Waals surface area contributed by atoms with Crippen molar-refractivity contribution in [2.24, 2.45) is 4.99 Å². The van der Waals surface area contributed by atoms with Gasteiger partial charge < -0.3 is 10.2 Å². The van der Waals surface area contributed by atoms with Gasteiger partial charge in [0.05, 0.1) is 6.54 Å². The quantitative estimate of drug-likeness (QED) is 0.556. The molecule has 0 atom stereocenters. The van der Waals surface area contributed by atoms with Crippen molar-refractivity contribution < 1.29 is 0 Å². The van der Waals surface area contributed by atoms with Gasteiger partial charge in [-0.3, -0.25) is 4.99 Å². The summed E-state index contributed by atoms with van der Waals surface area (Å²) in [5.41, 5.74) is 0. The lowest BCUT2D eigenvalue weighted by Crippen LogP contribution is -2.45. The molecule has 2 aliphatic rings. The summed E-state index contributed by atoms with van der Waals surface area (Å²) >= 11 is 1.90. The Balaban J connectivity index is 1.92. The Bertz CT molecular complexity index is 163. The zero-order valence-corrected chi connectivity index (χ0v) is 7.36. The number of nitrogens with zero attached hydrogens (tertiary/aromatic N) is 2. The number of rotatable bonds is 0. The molecule has 11 heavy (non-hydrogen) atoms. The van der Waals surface area contributed by atoms with E-state index >= 15 is 0 Å². The van der Waals surface area contributed by atoms with Gasteiger partial charge in [-0.2, -0.15) is 0 Å². The molecule has 2 aliphatic heterocycles. The van der Waals surface area contributed by atoms with Crippen LogP contribution in [0.1, 0.15) is 0 Å². The first-order valence-corrected chi connectivity index (χ1v) is 5.08. The molecule has 0 aromatic rings. The lowest BCUT2D eigenvalue weighted by Gasteiger charge is -2.28. The standard InChI is InChI=1S/C7H13N3S/c1-4-10(5-2-8-1)7-9-3-6-11-7/h8H,1-6H2. The highest BCUT2D eigenvalue weighted by Crippen LogP contribution is 2.15. The minimum Gasteiger partial charge on any atom is -0.349 e. The van der Waals surface area contributed by atoms with Crippen LogP contribution in [-0.4, -0.2) is 48.5 Å². The number of aliphatic imine (C=N–C) groups is 1. The van der Waals surface area contributed by atoms with Gasteiger partial charge in [0.1, 0.15) is 0 Å². The van der Waals surface area contributed by atoms with Gasteiger partial charge >= 0.3 is 0 Å². The van der Waals surface area contributed by atoms with Crippen LogP contribution in [0.2, 0.25) is 0 Å². The molecule has 0 aliphatic carbocycles. The summed E-state index contributed by atoms with van der Waals surface area (Å²) in [4.78, 5) is 6.82. The van der Waals surface area contributed by atoms with Gasteiger partial charge in [0.2, 0.25) is 0 Å². The molecule has 3 nitrogen and oxygen atoms in total. The zero-order valence-electron chi connectivity index (χ0n) is 6.55. The van der Waals surface area contributed by atoms with E-state index in [0.29, 0.717) is 0 Å². The van der Waals surface area contributed by atoms with Gasteiger partial charge in [-0.05, 0) is 0 Å². The van der Waals surface area contributed by atoms with E-state index < -0.39 is 0 Å². The Hall–Kier alpha value is -0.220. The normalized spacial score (nSPS) is 25.5. The molecular formula is C7H13N3S. The fraction of sp³-hybridized carbons (Fsp3) is 0.857. The molecule has 0 aromatic heterocycles. The fourth-order valence-corrected chi connectivity index (χ4v) is 2.28. The van der Waals surface area contributed by atoms with Crippen LogP contribution in [0.25, 0.3) is 0 Å². The third-order valence-corrected chi connectivity index (χ3v) is 2.99. The molecule has 62 valence electrons. The summed E-state index contributed by atoms with van der Waals surface area (Å²) in [5, 5.41) is 4.60. The molecule has 0 amide bonds. The largest absolute Gasteiger partial charge is 0.349 e. The third-order valence-electron chi connectivity index (χ3n) is 1.96. The molecule has 1 N–H and O–H groups in total. The van der Waals surface area contributed by atoms with E-state index in [1.54, 1.807) is 0 Å². The SMILES string of the molecule is C1CSC(N2CCNCC2)=N1. The van der Waals surface area contributed by atoms with Crippen molar-refractivity contribution >= 4 is 16.9 Å². The van der Waals surface area contributed by atoms with Gasteiger partial charge in [-0.1, -0.05) is 11.8 Å². The van der Waals surface area contributed by atoms with E-state index in [4.69, 9.17) is 0 Å². The fourth-order valence-electron chi connectivity index (χ4n) is 1.37. The summed E-state index contributed by atoms with van der Waals surface area (Å²) in [5.74, 6) is 1.18. The Morgan fingerprint density at radius 3 is 2.82 bits per heavy atom. The predicted octanol–water partition coefficient (Wildman–Crippen LogP) is -0.00560. The average molecular weight is 171 g/mol. The summed E-state index contributed by atoms with van der Waals surface area (Å²) in [6, 6.07) is 0. The van der Waals surface area contributed by atoms with Gasteiger partial charge in [0.25, 0.3) is 0 Å². The number of nitrogens with one attached hydrogen (secondary N) is 1. The van der Waals surface area contributed by atoms with E-state index in [1.807, 2.05) is 11.8 Å². The second-order valence-corrected chi connectivity index (χ2v) is 3.81. The van der Waals surface area contributed by atoms with E-state index in [-0.39, 0.29) is 0 Å². The summed E-state index contributed by atoms with van der Waals surface area (Å²) in [7, 11) is 0.